The number of hydrogen-bond acceptors (Lipinski definition) is 4. The number of amides is 2. The van der Waals surface area contributed by atoms with Crippen molar-refractivity contribution >= 4 is 12.0 Å². The SMILES string of the molecule is O=C(O)N1CC2CN(C(=O)c3c(F)cccc3-n3nccn3)CC2C1. The zero-order valence-electron chi connectivity index (χ0n) is 13.2. The van der Waals surface area contributed by atoms with Crippen molar-refractivity contribution in [2.24, 2.45) is 11.8 Å². The van der Waals surface area contributed by atoms with Gasteiger partial charge in [0.25, 0.3) is 5.91 Å². The largest absolute Gasteiger partial charge is 0.465 e. The van der Waals surface area contributed by atoms with Gasteiger partial charge in [0.05, 0.1) is 12.4 Å². The predicted octanol–water partition coefficient (Wildman–Crippen LogP) is 1.09. The van der Waals surface area contributed by atoms with Crippen LogP contribution in [0.15, 0.2) is 30.6 Å². The highest BCUT2D eigenvalue weighted by Crippen LogP contribution is 2.32. The van der Waals surface area contributed by atoms with Crippen LogP contribution >= 0.6 is 0 Å². The van der Waals surface area contributed by atoms with E-state index in [1.807, 2.05) is 0 Å². The van der Waals surface area contributed by atoms with Crippen LogP contribution in [-0.2, 0) is 0 Å². The van der Waals surface area contributed by atoms with Crippen molar-refractivity contribution in [3.63, 3.8) is 0 Å². The van der Waals surface area contributed by atoms with Crippen molar-refractivity contribution in [1.29, 1.82) is 0 Å². The summed E-state index contributed by atoms with van der Waals surface area (Å²) in [6.45, 7) is 1.67. The molecule has 1 aromatic carbocycles. The minimum Gasteiger partial charge on any atom is -0.465 e. The Morgan fingerprint density at radius 2 is 1.64 bits per heavy atom. The summed E-state index contributed by atoms with van der Waals surface area (Å²) >= 11 is 0. The number of aromatic nitrogens is 3. The number of hydrogen-bond donors (Lipinski definition) is 1. The van der Waals surface area contributed by atoms with Gasteiger partial charge < -0.3 is 14.9 Å². The van der Waals surface area contributed by atoms with Crippen LogP contribution in [0.5, 0.6) is 0 Å². The Morgan fingerprint density at radius 1 is 1.04 bits per heavy atom. The number of nitrogens with zero attached hydrogens (tertiary/aromatic N) is 5. The molecule has 130 valence electrons. The fourth-order valence-electron chi connectivity index (χ4n) is 3.70. The third-order valence-electron chi connectivity index (χ3n) is 4.88. The molecule has 8 nitrogen and oxygen atoms in total. The summed E-state index contributed by atoms with van der Waals surface area (Å²) in [5, 5.41) is 17.0. The number of carbonyl (C=O) groups excluding carboxylic acids is 1. The van der Waals surface area contributed by atoms with E-state index in [1.54, 1.807) is 11.0 Å². The summed E-state index contributed by atoms with van der Waals surface area (Å²) in [7, 11) is 0. The number of fused-ring (bicyclic) bond motifs is 1. The summed E-state index contributed by atoms with van der Waals surface area (Å²) in [6.07, 6.45) is 1.98. The number of carbonyl (C=O) groups is 2. The molecule has 0 spiro atoms. The number of carboxylic acid groups (broad SMARTS) is 1. The second-order valence-electron chi connectivity index (χ2n) is 6.37. The molecule has 3 heterocycles. The van der Waals surface area contributed by atoms with Crippen LogP contribution in [0.1, 0.15) is 10.4 Å². The molecular formula is C16H16FN5O3. The zero-order chi connectivity index (χ0) is 17.6. The lowest BCUT2D eigenvalue weighted by Crippen LogP contribution is -2.35. The summed E-state index contributed by atoms with van der Waals surface area (Å²) in [4.78, 5) is 28.2. The lowest BCUT2D eigenvalue weighted by molar-refractivity contribution is 0.0769. The van der Waals surface area contributed by atoms with Gasteiger partial charge in [0, 0.05) is 38.0 Å². The van der Waals surface area contributed by atoms with Crippen LogP contribution in [0, 0.1) is 17.7 Å². The van der Waals surface area contributed by atoms with E-state index in [1.165, 1.54) is 34.2 Å². The van der Waals surface area contributed by atoms with E-state index in [4.69, 9.17) is 5.11 Å². The first-order valence-corrected chi connectivity index (χ1v) is 7.97. The smallest absolute Gasteiger partial charge is 0.407 e. The van der Waals surface area contributed by atoms with Crippen LogP contribution in [0.2, 0.25) is 0 Å². The summed E-state index contributed by atoms with van der Waals surface area (Å²) < 4.78 is 14.4. The van der Waals surface area contributed by atoms with Gasteiger partial charge in [0.2, 0.25) is 0 Å². The van der Waals surface area contributed by atoms with E-state index in [0.717, 1.165) is 0 Å². The van der Waals surface area contributed by atoms with Gasteiger partial charge in [-0.3, -0.25) is 4.79 Å². The van der Waals surface area contributed by atoms with Crippen molar-refractivity contribution in [1.82, 2.24) is 24.8 Å². The first-order valence-electron chi connectivity index (χ1n) is 7.97. The number of halogens is 1. The molecule has 2 aliphatic heterocycles. The molecule has 0 saturated carbocycles. The van der Waals surface area contributed by atoms with Crippen LogP contribution in [-0.4, -0.2) is 68.1 Å². The van der Waals surface area contributed by atoms with Crippen molar-refractivity contribution in [3.8, 4) is 5.69 Å². The van der Waals surface area contributed by atoms with Gasteiger partial charge in [-0.1, -0.05) is 6.07 Å². The zero-order valence-corrected chi connectivity index (χ0v) is 13.2. The van der Waals surface area contributed by atoms with Crippen LogP contribution < -0.4 is 0 Å². The standard InChI is InChI=1S/C16H16FN5O3/c17-12-2-1-3-13(22-18-4-5-19-22)14(12)15(23)20-6-10-8-21(16(24)25)9-11(10)7-20/h1-5,10-11H,6-9H2,(H,24,25). The van der Waals surface area contributed by atoms with Gasteiger partial charge in [0.1, 0.15) is 17.1 Å². The third-order valence-corrected chi connectivity index (χ3v) is 4.88. The molecule has 2 fully saturated rings. The Morgan fingerprint density at radius 3 is 2.24 bits per heavy atom. The van der Waals surface area contributed by atoms with Crippen LogP contribution in [0.4, 0.5) is 9.18 Å². The fourth-order valence-corrected chi connectivity index (χ4v) is 3.70. The minimum absolute atomic E-state index is 0.0613. The van der Waals surface area contributed by atoms with Gasteiger partial charge >= 0.3 is 6.09 Å². The first-order chi connectivity index (χ1) is 12.0. The summed E-state index contributed by atoms with van der Waals surface area (Å²) in [5.74, 6) is -0.845. The topological polar surface area (TPSA) is 91.6 Å². The summed E-state index contributed by atoms with van der Waals surface area (Å²) in [5.41, 5.74) is 0.230. The van der Waals surface area contributed by atoms with Crippen LogP contribution in [0.3, 0.4) is 0 Å². The lowest BCUT2D eigenvalue weighted by Gasteiger charge is -2.21. The molecule has 2 aliphatic rings. The van der Waals surface area contributed by atoms with E-state index in [-0.39, 0.29) is 17.4 Å². The van der Waals surface area contributed by atoms with Crippen molar-refractivity contribution in [3.05, 3.63) is 42.0 Å². The van der Waals surface area contributed by atoms with Gasteiger partial charge in [-0.05, 0) is 12.1 Å². The fraction of sp³-hybridized carbons (Fsp3) is 0.375. The lowest BCUT2D eigenvalue weighted by atomic mass is 10.0. The molecule has 25 heavy (non-hydrogen) atoms. The normalized spacial score (nSPS) is 22.3. The quantitative estimate of drug-likeness (QED) is 0.880. The van der Waals surface area contributed by atoms with E-state index in [0.29, 0.717) is 31.9 Å². The summed E-state index contributed by atoms with van der Waals surface area (Å²) in [6, 6.07) is 4.34. The minimum atomic E-state index is -0.937. The Kier molecular flexibility index (Phi) is 3.63. The maximum absolute atomic E-state index is 14.4. The average molecular weight is 345 g/mol. The molecule has 2 amide bonds. The van der Waals surface area contributed by atoms with Crippen LogP contribution in [0.25, 0.3) is 5.69 Å². The van der Waals surface area contributed by atoms with E-state index < -0.39 is 17.8 Å². The van der Waals surface area contributed by atoms with Gasteiger partial charge in [-0.2, -0.15) is 15.0 Å². The van der Waals surface area contributed by atoms with Gasteiger partial charge in [-0.25, -0.2) is 9.18 Å². The highest BCUT2D eigenvalue weighted by Gasteiger charge is 2.43. The highest BCUT2D eigenvalue weighted by atomic mass is 19.1. The van der Waals surface area contributed by atoms with Crippen molar-refractivity contribution < 1.29 is 19.1 Å². The molecule has 2 aromatic rings. The van der Waals surface area contributed by atoms with Crippen molar-refractivity contribution in [2.45, 2.75) is 0 Å². The Balaban J connectivity index is 1.59. The molecule has 0 bridgehead atoms. The second-order valence-corrected chi connectivity index (χ2v) is 6.37. The molecule has 2 unspecified atom stereocenters. The van der Waals surface area contributed by atoms with Gasteiger partial charge in [-0.15, -0.1) is 0 Å². The molecule has 2 saturated heterocycles. The first kappa shape index (κ1) is 15.6. The van der Waals surface area contributed by atoms with Crippen molar-refractivity contribution in [2.75, 3.05) is 26.2 Å². The maximum atomic E-state index is 14.4. The molecule has 0 aliphatic carbocycles. The van der Waals surface area contributed by atoms with E-state index in [9.17, 15) is 14.0 Å². The molecule has 2 atom stereocenters. The average Bonchev–Trinajstić information content (AvgIpc) is 3.29. The second kappa shape index (κ2) is 5.83. The van der Waals surface area contributed by atoms with E-state index >= 15 is 0 Å². The number of likely N-dealkylation sites (tertiary alicyclic amines) is 2. The monoisotopic (exact) mass is 345 g/mol. The molecule has 0 radical (unpaired) electrons. The van der Waals surface area contributed by atoms with Gasteiger partial charge in [0.15, 0.2) is 0 Å². The molecule has 1 N–H and O–H groups in total. The number of rotatable bonds is 2. The molecule has 1 aromatic heterocycles. The molecule has 9 heteroatoms. The Labute approximate surface area is 142 Å². The Bertz CT molecular complexity index is 811. The third kappa shape index (κ3) is 2.61. The van der Waals surface area contributed by atoms with E-state index in [2.05, 4.69) is 10.2 Å². The molecular weight excluding hydrogens is 329 g/mol. The number of benzene rings is 1. The predicted molar refractivity (Wildman–Crippen MR) is 83.8 cm³/mol. The molecule has 4 rings (SSSR count). The highest BCUT2D eigenvalue weighted by molar-refractivity contribution is 5.98. The Hall–Kier alpha value is -2.97. The maximum Gasteiger partial charge on any atom is 0.407 e.